The highest BCUT2D eigenvalue weighted by molar-refractivity contribution is 5.42. The molecule has 0 bridgehead atoms. The van der Waals surface area contributed by atoms with E-state index in [0.717, 1.165) is 12.0 Å². The summed E-state index contributed by atoms with van der Waals surface area (Å²) in [6, 6.07) is 5.27. The fourth-order valence-electron chi connectivity index (χ4n) is 1.02. The van der Waals surface area contributed by atoms with Crippen LogP contribution in [0.25, 0.3) is 0 Å². The Labute approximate surface area is 83.6 Å². The van der Waals surface area contributed by atoms with Crippen molar-refractivity contribution < 1.29 is 14.6 Å². The predicted octanol–water partition coefficient (Wildman–Crippen LogP) is 1.94. The normalized spacial score (nSPS) is 8.36. The maximum Gasteiger partial charge on any atom is 0.160 e. The Morgan fingerprint density at radius 3 is 2.64 bits per heavy atom. The van der Waals surface area contributed by atoms with Crippen LogP contribution >= 0.6 is 0 Å². The summed E-state index contributed by atoms with van der Waals surface area (Å²) in [6.07, 6.45) is 2.60. The Morgan fingerprint density at radius 1 is 1.50 bits per heavy atom. The van der Waals surface area contributed by atoms with Gasteiger partial charge in [0.15, 0.2) is 11.5 Å². The van der Waals surface area contributed by atoms with Crippen LogP contribution in [-0.4, -0.2) is 19.0 Å². The number of carbonyl (C=O) groups is 1. The monoisotopic (exact) mass is 194 g/mol. The highest BCUT2D eigenvalue weighted by atomic mass is 16.5. The van der Waals surface area contributed by atoms with Crippen molar-refractivity contribution in [1.82, 2.24) is 0 Å². The minimum atomic E-state index is 0.172. The summed E-state index contributed by atoms with van der Waals surface area (Å²) in [5.41, 5.74) is 1.08. The summed E-state index contributed by atoms with van der Waals surface area (Å²) in [7, 11) is 1.53. The first-order valence-electron chi connectivity index (χ1n) is 4.03. The number of rotatable bonds is 3. The molecule has 1 aromatic rings. The first kappa shape index (κ1) is 12.2. The van der Waals surface area contributed by atoms with Gasteiger partial charge in [0.1, 0.15) is 6.79 Å². The van der Waals surface area contributed by atoms with Crippen molar-refractivity contribution in [3.63, 3.8) is 0 Å². The van der Waals surface area contributed by atoms with Gasteiger partial charge in [-0.2, -0.15) is 0 Å². The molecule has 0 amide bonds. The number of phenols is 1. The lowest BCUT2D eigenvalue weighted by molar-refractivity contribution is -0.0979. The Bertz CT molecular complexity index is 295. The molecule has 1 N–H and O–H groups in total. The predicted molar refractivity (Wildman–Crippen MR) is 55.7 cm³/mol. The summed E-state index contributed by atoms with van der Waals surface area (Å²) in [6.45, 7) is 5.63. The molecule has 0 aliphatic rings. The van der Waals surface area contributed by atoms with Crippen LogP contribution in [0.5, 0.6) is 11.5 Å². The van der Waals surface area contributed by atoms with Gasteiger partial charge in [-0.3, -0.25) is 0 Å². The van der Waals surface area contributed by atoms with E-state index in [2.05, 4.69) is 6.58 Å². The molecular weight excluding hydrogens is 180 g/mol. The van der Waals surface area contributed by atoms with Crippen molar-refractivity contribution in [3.8, 4) is 11.5 Å². The lowest BCUT2D eigenvalue weighted by atomic mass is 10.1. The van der Waals surface area contributed by atoms with Gasteiger partial charge in [0.2, 0.25) is 0 Å². The maximum atomic E-state index is 9.25. The molecule has 0 heterocycles. The molecule has 0 saturated heterocycles. The van der Waals surface area contributed by atoms with Gasteiger partial charge < -0.3 is 14.6 Å². The second kappa shape index (κ2) is 6.71. The van der Waals surface area contributed by atoms with E-state index in [0.29, 0.717) is 5.75 Å². The van der Waals surface area contributed by atoms with Crippen molar-refractivity contribution in [2.24, 2.45) is 0 Å². The van der Waals surface area contributed by atoms with E-state index >= 15 is 0 Å². The maximum absolute atomic E-state index is 9.25. The minimum absolute atomic E-state index is 0.172. The quantitative estimate of drug-likeness (QED) is 0.748. The number of methoxy groups -OCH3 is 1. The number of hydrogen-bond acceptors (Lipinski definition) is 3. The van der Waals surface area contributed by atoms with Gasteiger partial charge >= 0.3 is 0 Å². The average Bonchev–Trinajstić information content (AvgIpc) is 2.24. The van der Waals surface area contributed by atoms with Crippen LogP contribution in [0, 0.1) is 0 Å². The molecule has 1 rings (SSSR count). The van der Waals surface area contributed by atoms with Crippen molar-refractivity contribution in [2.45, 2.75) is 6.42 Å². The van der Waals surface area contributed by atoms with Crippen LogP contribution in [0.1, 0.15) is 5.56 Å². The van der Waals surface area contributed by atoms with Gasteiger partial charge in [0.25, 0.3) is 0 Å². The summed E-state index contributed by atoms with van der Waals surface area (Å²) in [5.74, 6) is 0.680. The largest absolute Gasteiger partial charge is 0.504 e. The van der Waals surface area contributed by atoms with Gasteiger partial charge in [-0.1, -0.05) is 12.1 Å². The Morgan fingerprint density at radius 2 is 2.14 bits per heavy atom. The van der Waals surface area contributed by atoms with E-state index in [1.54, 1.807) is 12.1 Å². The van der Waals surface area contributed by atoms with Gasteiger partial charge in [-0.05, 0) is 24.1 Å². The second-order valence-electron chi connectivity index (χ2n) is 2.50. The Kier molecular flexibility index (Phi) is 5.87. The van der Waals surface area contributed by atoms with Crippen molar-refractivity contribution in [3.05, 3.63) is 36.4 Å². The lowest BCUT2D eigenvalue weighted by Crippen LogP contribution is -1.86. The lowest BCUT2D eigenvalue weighted by Gasteiger charge is -2.04. The zero-order valence-corrected chi connectivity index (χ0v) is 8.19. The fraction of sp³-hybridized carbons (Fsp3) is 0.182. The molecule has 0 aliphatic heterocycles. The molecule has 3 nitrogen and oxygen atoms in total. The molecule has 0 aromatic heterocycles. The molecule has 76 valence electrons. The molecule has 1 aromatic carbocycles. The highest BCUT2D eigenvalue weighted by Gasteiger charge is 2.00. The number of aromatic hydroxyl groups is 1. The van der Waals surface area contributed by atoms with Crippen molar-refractivity contribution in [2.75, 3.05) is 7.11 Å². The zero-order valence-electron chi connectivity index (χ0n) is 8.19. The number of benzene rings is 1. The van der Waals surface area contributed by atoms with Crippen LogP contribution in [-0.2, 0) is 11.2 Å². The molecule has 0 atom stereocenters. The topological polar surface area (TPSA) is 46.5 Å². The van der Waals surface area contributed by atoms with Gasteiger partial charge in [0.05, 0.1) is 7.11 Å². The molecule has 3 heteroatoms. The molecule has 0 fully saturated rings. The standard InChI is InChI=1S/C10H12O2.CH2O/c1-3-4-8-5-6-9(11)10(7-8)12-2;1-2/h3,5-7,11H,1,4H2,2H3;1H2. The molecule has 0 unspecified atom stereocenters. The summed E-state index contributed by atoms with van der Waals surface area (Å²) in [4.78, 5) is 8.00. The van der Waals surface area contributed by atoms with Gasteiger partial charge in [-0.25, -0.2) is 0 Å². The highest BCUT2D eigenvalue weighted by Crippen LogP contribution is 2.26. The van der Waals surface area contributed by atoms with Gasteiger partial charge in [-0.15, -0.1) is 6.58 Å². The van der Waals surface area contributed by atoms with Crippen molar-refractivity contribution >= 4 is 6.79 Å². The van der Waals surface area contributed by atoms with E-state index in [4.69, 9.17) is 9.53 Å². The SMILES string of the molecule is C=CCc1ccc(O)c(OC)c1.C=O. The fourth-order valence-corrected chi connectivity index (χ4v) is 1.02. The van der Waals surface area contributed by atoms with Gasteiger partial charge in [0, 0.05) is 0 Å². The first-order valence-corrected chi connectivity index (χ1v) is 4.03. The molecule has 0 saturated carbocycles. The number of ether oxygens (including phenoxy) is 1. The summed E-state index contributed by atoms with van der Waals surface area (Å²) < 4.78 is 4.95. The van der Waals surface area contributed by atoms with E-state index in [-0.39, 0.29) is 5.75 Å². The second-order valence-corrected chi connectivity index (χ2v) is 2.50. The summed E-state index contributed by atoms with van der Waals surface area (Å²) in [5, 5.41) is 9.25. The van der Waals surface area contributed by atoms with Crippen molar-refractivity contribution in [1.29, 1.82) is 0 Å². The molecule has 0 spiro atoms. The molecule has 0 radical (unpaired) electrons. The smallest absolute Gasteiger partial charge is 0.160 e. The van der Waals surface area contributed by atoms with E-state index in [9.17, 15) is 5.11 Å². The Hall–Kier alpha value is -1.77. The van der Waals surface area contributed by atoms with Crippen LogP contribution in [0.3, 0.4) is 0 Å². The number of hydrogen-bond donors (Lipinski definition) is 1. The van der Waals surface area contributed by atoms with Crippen LogP contribution in [0.4, 0.5) is 0 Å². The van der Waals surface area contributed by atoms with Crippen LogP contribution in [0.2, 0.25) is 0 Å². The van der Waals surface area contributed by atoms with E-state index in [1.807, 2.05) is 18.9 Å². The van der Waals surface area contributed by atoms with Crippen LogP contribution < -0.4 is 4.74 Å². The molecule has 0 aliphatic carbocycles. The first-order chi connectivity index (χ1) is 6.77. The molecular formula is C11H14O3. The Balaban J connectivity index is 0.000000791. The number of carbonyl (C=O) groups excluding carboxylic acids is 1. The number of allylic oxidation sites excluding steroid dienone is 1. The number of phenolic OH excluding ortho intramolecular Hbond substituents is 1. The van der Waals surface area contributed by atoms with E-state index in [1.165, 1.54) is 7.11 Å². The zero-order chi connectivity index (χ0) is 11.0. The third-order valence-corrected chi connectivity index (χ3v) is 1.62. The molecule has 14 heavy (non-hydrogen) atoms. The summed E-state index contributed by atoms with van der Waals surface area (Å²) >= 11 is 0. The third kappa shape index (κ3) is 3.31. The minimum Gasteiger partial charge on any atom is -0.504 e. The average molecular weight is 194 g/mol. The van der Waals surface area contributed by atoms with Crippen LogP contribution in [0.15, 0.2) is 30.9 Å². The van der Waals surface area contributed by atoms with E-state index < -0.39 is 0 Å². The third-order valence-electron chi connectivity index (χ3n) is 1.62.